The lowest BCUT2D eigenvalue weighted by Crippen LogP contribution is -2.47. The van der Waals surface area contributed by atoms with Crippen molar-refractivity contribution < 1.29 is 5.11 Å². The van der Waals surface area contributed by atoms with Crippen LogP contribution in [0.3, 0.4) is 0 Å². The van der Waals surface area contributed by atoms with E-state index in [2.05, 4.69) is 93.9 Å². The quantitative estimate of drug-likeness (QED) is 0.388. The number of benzene rings is 2. The standard InChI is InChI=1S/C25H26IN5O/c1-18-24(20-8-5-9-21(26)16-20)25-27-22(19-6-3-2-4-7-19)17-23(31(25)28-18)30-12-10-29(11-13-30)14-15-32/h2-9,16-17,32H,10-15H2,1H3. The largest absolute Gasteiger partial charge is 0.395 e. The third-order valence-corrected chi connectivity index (χ3v) is 6.71. The van der Waals surface area contributed by atoms with Gasteiger partial charge in [0.05, 0.1) is 18.0 Å². The van der Waals surface area contributed by atoms with E-state index in [4.69, 9.17) is 10.1 Å². The molecule has 0 radical (unpaired) electrons. The third-order valence-electron chi connectivity index (χ3n) is 6.04. The van der Waals surface area contributed by atoms with Gasteiger partial charge in [0.1, 0.15) is 5.82 Å². The molecule has 0 saturated carbocycles. The van der Waals surface area contributed by atoms with Crippen molar-refractivity contribution in [2.75, 3.05) is 44.2 Å². The first-order valence-corrected chi connectivity index (χ1v) is 12.0. The number of aromatic nitrogens is 3. The Morgan fingerprint density at radius 2 is 1.69 bits per heavy atom. The highest BCUT2D eigenvalue weighted by atomic mass is 127. The molecular weight excluding hydrogens is 513 g/mol. The van der Waals surface area contributed by atoms with Gasteiger partial charge in [0, 0.05) is 53.5 Å². The predicted octanol–water partition coefficient (Wildman–Crippen LogP) is 4.09. The van der Waals surface area contributed by atoms with E-state index < -0.39 is 0 Å². The minimum atomic E-state index is 0.204. The molecule has 1 saturated heterocycles. The van der Waals surface area contributed by atoms with E-state index in [0.29, 0.717) is 0 Å². The van der Waals surface area contributed by atoms with Crippen LogP contribution < -0.4 is 4.90 Å². The number of hydrogen-bond donors (Lipinski definition) is 1. The Kier molecular flexibility index (Phi) is 6.12. The monoisotopic (exact) mass is 539 g/mol. The molecule has 1 aliphatic rings. The molecule has 1 fully saturated rings. The number of hydrogen-bond acceptors (Lipinski definition) is 5. The van der Waals surface area contributed by atoms with Crippen molar-refractivity contribution in [3.8, 4) is 22.4 Å². The molecule has 0 unspecified atom stereocenters. The van der Waals surface area contributed by atoms with E-state index in [1.807, 2.05) is 10.6 Å². The lowest BCUT2D eigenvalue weighted by molar-refractivity contribution is 0.188. The van der Waals surface area contributed by atoms with E-state index >= 15 is 0 Å². The molecule has 0 spiro atoms. The molecule has 164 valence electrons. The molecular formula is C25H26IN5O. The SMILES string of the molecule is Cc1nn2c(N3CCN(CCO)CC3)cc(-c3ccccc3)nc2c1-c1cccc(I)c1. The highest BCUT2D eigenvalue weighted by molar-refractivity contribution is 14.1. The summed E-state index contributed by atoms with van der Waals surface area (Å²) in [5.41, 5.74) is 6.14. The molecule has 2 aromatic heterocycles. The van der Waals surface area contributed by atoms with Crippen LogP contribution in [0.2, 0.25) is 0 Å². The molecule has 2 aromatic carbocycles. The molecule has 32 heavy (non-hydrogen) atoms. The van der Waals surface area contributed by atoms with E-state index in [9.17, 15) is 5.11 Å². The third kappa shape index (κ3) is 4.12. The van der Waals surface area contributed by atoms with E-state index in [1.165, 1.54) is 3.57 Å². The van der Waals surface area contributed by atoms with Crippen LogP contribution in [0.1, 0.15) is 5.69 Å². The molecule has 3 heterocycles. The maximum Gasteiger partial charge on any atom is 0.166 e. The Bertz CT molecular complexity index is 1230. The summed E-state index contributed by atoms with van der Waals surface area (Å²) in [6.45, 7) is 6.64. The van der Waals surface area contributed by atoms with Crippen molar-refractivity contribution in [2.45, 2.75) is 6.92 Å². The van der Waals surface area contributed by atoms with Gasteiger partial charge in [-0.2, -0.15) is 9.61 Å². The Morgan fingerprint density at radius 1 is 0.938 bits per heavy atom. The van der Waals surface area contributed by atoms with Crippen molar-refractivity contribution in [3.63, 3.8) is 0 Å². The number of anilines is 1. The fraction of sp³-hybridized carbons (Fsp3) is 0.280. The lowest BCUT2D eigenvalue weighted by Gasteiger charge is -2.35. The van der Waals surface area contributed by atoms with Gasteiger partial charge in [0.25, 0.3) is 0 Å². The number of halogens is 1. The summed E-state index contributed by atoms with van der Waals surface area (Å²) in [5, 5.41) is 14.2. The van der Waals surface area contributed by atoms with Crippen LogP contribution in [0.25, 0.3) is 28.0 Å². The van der Waals surface area contributed by atoms with Gasteiger partial charge in [-0.05, 0) is 47.2 Å². The molecule has 6 nitrogen and oxygen atoms in total. The molecule has 1 N–H and O–H groups in total. The smallest absolute Gasteiger partial charge is 0.166 e. The number of β-amino-alcohol motifs (C(OH)–C–C–N with tert-alkyl or cyclic N) is 1. The topological polar surface area (TPSA) is 56.9 Å². The number of piperazine rings is 1. The first-order chi connectivity index (χ1) is 15.6. The second kappa shape index (κ2) is 9.17. The molecule has 4 aromatic rings. The predicted molar refractivity (Wildman–Crippen MR) is 137 cm³/mol. The minimum absolute atomic E-state index is 0.204. The zero-order chi connectivity index (χ0) is 22.1. The summed E-state index contributed by atoms with van der Waals surface area (Å²) in [5.74, 6) is 1.07. The summed E-state index contributed by atoms with van der Waals surface area (Å²) in [4.78, 5) is 9.79. The summed E-state index contributed by atoms with van der Waals surface area (Å²) < 4.78 is 3.21. The molecule has 1 aliphatic heterocycles. The van der Waals surface area contributed by atoms with Crippen molar-refractivity contribution in [2.24, 2.45) is 0 Å². The maximum atomic E-state index is 9.29. The van der Waals surface area contributed by atoms with Gasteiger partial charge in [-0.1, -0.05) is 42.5 Å². The second-order valence-electron chi connectivity index (χ2n) is 8.12. The lowest BCUT2D eigenvalue weighted by atomic mass is 10.1. The average molecular weight is 539 g/mol. The van der Waals surface area contributed by atoms with Crippen LogP contribution in [-0.4, -0.2) is 63.9 Å². The van der Waals surface area contributed by atoms with Gasteiger partial charge < -0.3 is 10.0 Å². The molecule has 0 aliphatic carbocycles. The van der Waals surface area contributed by atoms with Crippen molar-refractivity contribution in [1.29, 1.82) is 0 Å². The number of rotatable bonds is 5. The van der Waals surface area contributed by atoms with Gasteiger partial charge in [-0.15, -0.1) is 0 Å². The minimum Gasteiger partial charge on any atom is -0.395 e. The number of aryl methyl sites for hydroxylation is 1. The van der Waals surface area contributed by atoms with Crippen LogP contribution >= 0.6 is 22.6 Å². The molecule has 0 amide bonds. The fourth-order valence-corrected chi connectivity index (χ4v) is 4.96. The summed E-state index contributed by atoms with van der Waals surface area (Å²) in [6.07, 6.45) is 0. The van der Waals surface area contributed by atoms with Crippen molar-refractivity contribution >= 4 is 34.1 Å². The zero-order valence-corrected chi connectivity index (χ0v) is 20.2. The Labute approximate surface area is 201 Å². The van der Waals surface area contributed by atoms with Crippen LogP contribution in [0, 0.1) is 10.5 Å². The number of fused-ring (bicyclic) bond motifs is 1. The number of aliphatic hydroxyl groups is 1. The van der Waals surface area contributed by atoms with Crippen LogP contribution in [0.4, 0.5) is 5.82 Å². The van der Waals surface area contributed by atoms with Gasteiger partial charge in [-0.25, -0.2) is 4.98 Å². The maximum absolute atomic E-state index is 9.29. The van der Waals surface area contributed by atoms with Crippen LogP contribution in [0.15, 0.2) is 60.7 Å². The molecule has 0 bridgehead atoms. The van der Waals surface area contributed by atoms with Crippen LogP contribution in [0.5, 0.6) is 0 Å². The van der Waals surface area contributed by atoms with Gasteiger partial charge in [-0.3, -0.25) is 4.90 Å². The van der Waals surface area contributed by atoms with Crippen molar-refractivity contribution in [3.05, 3.63) is 69.9 Å². The van der Waals surface area contributed by atoms with E-state index in [0.717, 1.165) is 72.3 Å². The summed E-state index contributed by atoms with van der Waals surface area (Å²) >= 11 is 2.35. The van der Waals surface area contributed by atoms with Gasteiger partial charge in [0.15, 0.2) is 5.65 Å². The summed E-state index contributed by atoms with van der Waals surface area (Å²) in [7, 11) is 0. The number of aliphatic hydroxyl groups excluding tert-OH is 1. The number of nitrogens with zero attached hydrogens (tertiary/aromatic N) is 5. The van der Waals surface area contributed by atoms with E-state index in [1.54, 1.807) is 0 Å². The average Bonchev–Trinajstić information content (AvgIpc) is 3.15. The first kappa shape index (κ1) is 21.4. The van der Waals surface area contributed by atoms with Crippen molar-refractivity contribution in [1.82, 2.24) is 19.5 Å². The second-order valence-corrected chi connectivity index (χ2v) is 9.37. The van der Waals surface area contributed by atoms with E-state index in [-0.39, 0.29) is 6.61 Å². The Morgan fingerprint density at radius 3 is 2.41 bits per heavy atom. The highest BCUT2D eigenvalue weighted by Gasteiger charge is 2.23. The fourth-order valence-electron chi connectivity index (χ4n) is 4.41. The zero-order valence-electron chi connectivity index (χ0n) is 18.1. The molecule has 0 atom stereocenters. The first-order valence-electron chi connectivity index (χ1n) is 10.9. The van der Waals surface area contributed by atoms with Gasteiger partial charge in [0.2, 0.25) is 0 Å². The highest BCUT2D eigenvalue weighted by Crippen LogP contribution is 2.33. The molecule has 5 rings (SSSR count). The Hall–Kier alpha value is -2.49. The van der Waals surface area contributed by atoms with Gasteiger partial charge >= 0.3 is 0 Å². The Balaban J connectivity index is 1.67. The summed E-state index contributed by atoms with van der Waals surface area (Å²) in [6, 6.07) is 21.0. The normalized spacial score (nSPS) is 14.9. The molecule has 7 heteroatoms. The van der Waals surface area contributed by atoms with Crippen LogP contribution in [-0.2, 0) is 0 Å².